The highest BCUT2D eigenvalue weighted by Crippen LogP contribution is 2.30. The second kappa shape index (κ2) is 5.22. The molecule has 17 heavy (non-hydrogen) atoms. The Balaban J connectivity index is 3.33. The molecule has 1 aromatic carbocycles. The highest BCUT2D eigenvalue weighted by molar-refractivity contribution is 7.89. The zero-order chi connectivity index (χ0) is 13.2. The predicted octanol–water partition coefficient (Wildman–Crippen LogP) is 0.970. The second-order valence-electron chi connectivity index (χ2n) is 3.72. The van der Waals surface area contributed by atoms with Gasteiger partial charge in [-0.2, -0.15) is 0 Å². The molecule has 0 unspecified atom stereocenters. The van der Waals surface area contributed by atoms with Crippen LogP contribution in [0.15, 0.2) is 23.1 Å². The number of halogens is 1. The summed E-state index contributed by atoms with van der Waals surface area (Å²) in [5, 5.41) is 4.61. The van der Waals surface area contributed by atoms with E-state index in [-0.39, 0.29) is 16.7 Å². The predicted molar refractivity (Wildman–Crippen MR) is 66.6 cm³/mol. The topological polar surface area (TPSA) is 95.4 Å². The molecule has 1 aromatic rings. The van der Waals surface area contributed by atoms with E-state index in [2.05, 4.69) is 0 Å². The molecule has 0 amide bonds. The van der Waals surface area contributed by atoms with Crippen LogP contribution in [-0.2, 0) is 10.0 Å². The first-order chi connectivity index (χ1) is 7.77. The van der Waals surface area contributed by atoms with Crippen molar-refractivity contribution in [1.29, 1.82) is 0 Å². The standard InChI is InChI=1S/C10H15ClN2O3S/c1-6(12)10(11)7-3-4-8(16-2)9(5-7)17(13,14)15/h3-6,10H,12H2,1-2H3,(H2,13,14,15)/t6-,10+/m0/s1. The van der Waals surface area contributed by atoms with E-state index in [1.54, 1.807) is 13.0 Å². The van der Waals surface area contributed by atoms with E-state index < -0.39 is 15.4 Å². The fourth-order valence-electron chi connectivity index (χ4n) is 1.39. The maximum absolute atomic E-state index is 11.4. The molecule has 0 aliphatic carbocycles. The van der Waals surface area contributed by atoms with E-state index in [4.69, 9.17) is 27.2 Å². The lowest BCUT2D eigenvalue weighted by Crippen LogP contribution is -2.21. The molecule has 0 aliphatic heterocycles. The summed E-state index contributed by atoms with van der Waals surface area (Å²) in [7, 11) is -2.48. The van der Waals surface area contributed by atoms with E-state index in [1.165, 1.54) is 19.2 Å². The normalized spacial score (nSPS) is 15.4. The molecule has 0 bridgehead atoms. The fourth-order valence-corrected chi connectivity index (χ4v) is 2.26. The Kier molecular flexibility index (Phi) is 4.37. The van der Waals surface area contributed by atoms with Gasteiger partial charge in [0.05, 0.1) is 12.5 Å². The largest absolute Gasteiger partial charge is 0.495 e. The van der Waals surface area contributed by atoms with Crippen molar-refractivity contribution in [2.45, 2.75) is 23.2 Å². The number of ether oxygens (including phenoxy) is 1. The Bertz CT molecular complexity index is 502. The summed E-state index contributed by atoms with van der Waals surface area (Å²) in [6.45, 7) is 1.73. The van der Waals surface area contributed by atoms with Gasteiger partial charge < -0.3 is 10.5 Å². The third-order valence-corrected chi connectivity index (χ3v) is 3.86. The van der Waals surface area contributed by atoms with Gasteiger partial charge in [0.2, 0.25) is 10.0 Å². The smallest absolute Gasteiger partial charge is 0.241 e. The van der Waals surface area contributed by atoms with E-state index in [0.29, 0.717) is 5.56 Å². The molecule has 0 heterocycles. The maximum Gasteiger partial charge on any atom is 0.241 e. The lowest BCUT2D eigenvalue weighted by Gasteiger charge is -2.15. The van der Waals surface area contributed by atoms with Crippen molar-refractivity contribution in [3.05, 3.63) is 23.8 Å². The number of hydrogen-bond acceptors (Lipinski definition) is 4. The third kappa shape index (κ3) is 3.32. The molecule has 7 heteroatoms. The van der Waals surface area contributed by atoms with Crippen molar-refractivity contribution in [3.8, 4) is 5.75 Å². The minimum atomic E-state index is -3.85. The summed E-state index contributed by atoms with van der Waals surface area (Å²) in [4.78, 5) is -0.0937. The van der Waals surface area contributed by atoms with Crippen molar-refractivity contribution >= 4 is 21.6 Å². The molecule has 0 saturated carbocycles. The van der Waals surface area contributed by atoms with Gasteiger partial charge in [0.25, 0.3) is 0 Å². The number of methoxy groups -OCH3 is 1. The number of benzene rings is 1. The lowest BCUT2D eigenvalue weighted by atomic mass is 10.1. The SMILES string of the molecule is COc1ccc([C@H](Cl)[C@H](C)N)cc1S(N)(=O)=O. The quantitative estimate of drug-likeness (QED) is 0.802. The van der Waals surface area contributed by atoms with Crippen LogP contribution in [0.3, 0.4) is 0 Å². The van der Waals surface area contributed by atoms with Crippen molar-refractivity contribution in [2.75, 3.05) is 7.11 Å². The highest BCUT2D eigenvalue weighted by Gasteiger charge is 2.19. The number of primary sulfonamides is 1. The number of alkyl halides is 1. The van der Waals surface area contributed by atoms with Crippen LogP contribution in [-0.4, -0.2) is 21.6 Å². The Morgan fingerprint density at radius 2 is 2.00 bits per heavy atom. The first-order valence-corrected chi connectivity index (χ1v) is 6.86. The second-order valence-corrected chi connectivity index (χ2v) is 5.72. The Morgan fingerprint density at radius 1 is 1.41 bits per heavy atom. The molecule has 0 spiro atoms. The van der Waals surface area contributed by atoms with Gasteiger partial charge in [-0.25, -0.2) is 13.6 Å². The molecule has 0 aliphatic rings. The van der Waals surface area contributed by atoms with Gasteiger partial charge in [-0.1, -0.05) is 6.07 Å². The average molecular weight is 279 g/mol. The summed E-state index contributed by atoms with van der Waals surface area (Å²) in [5.41, 5.74) is 6.24. The molecule has 96 valence electrons. The van der Waals surface area contributed by atoms with Crippen molar-refractivity contribution in [2.24, 2.45) is 10.9 Å². The van der Waals surface area contributed by atoms with Gasteiger partial charge in [-0.3, -0.25) is 0 Å². The number of nitrogens with two attached hydrogens (primary N) is 2. The molecule has 5 nitrogen and oxygen atoms in total. The Morgan fingerprint density at radius 3 is 2.41 bits per heavy atom. The van der Waals surface area contributed by atoms with E-state index in [0.717, 1.165) is 0 Å². The maximum atomic E-state index is 11.4. The third-order valence-electron chi connectivity index (χ3n) is 2.27. The van der Waals surface area contributed by atoms with E-state index in [1.807, 2.05) is 0 Å². The minimum Gasteiger partial charge on any atom is -0.495 e. The Hall–Kier alpha value is -0.820. The van der Waals surface area contributed by atoms with Crippen molar-refractivity contribution in [3.63, 3.8) is 0 Å². The van der Waals surface area contributed by atoms with E-state index >= 15 is 0 Å². The van der Waals surface area contributed by atoms with Gasteiger partial charge in [0.15, 0.2) is 0 Å². The van der Waals surface area contributed by atoms with Crippen LogP contribution in [0.1, 0.15) is 17.9 Å². The van der Waals surface area contributed by atoms with Crippen LogP contribution in [0.4, 0.5) is 0 Å². The zero-order valence-corrected chi connectivity index (χ0v) is 11.1. The number of sulfonamides is 1. The van der Waals surface area contributed by atoms with Crippen LogP contribution < -0.4 is 15.6 Å². The number of rotatable bonds is 4. The minimum absolute atomic E-state index is 0.0937. The number of hydrogen-bond donors (Lipinski definition) is 2. The molecular weight excluding hydrogens is 264 g/mol. The van der Waals surface area contributed by atoms with Gasteiger partial charge >= 0.3 is 0 Å². The lowest BCUT2D eigenvalue weighted by molar-refractivity contribution is 0.402. The van der Waals surface area contributed by atoms with Gasteiger partial charge in [-0.15, -0.1) is 11.6 Å². The zero-order valence-electron chi connectivity index (χ0n) is 9.55. The molecule has 0 fully saturated rings. The molecule has 2 atom stereocenters. The average Bonchev–Trinajstić information content (AvgIpc) is 2.25. The van der Waals surface area contributed by atoms with Gasteiger partial charge in [0, 0.05) is 6.04 Å². The van der Waals surface area contributed by atoms with Crippen LogP contribution in [0.25, 0.3) is 0 Å². The molecule has 4 N–H and O–H groups in total. The van der Waals surface area contributed by atoms with Gasteiger partial charge in [0.1, 0.15) is 10.6 Å². The fraction of sp³-hybridized carbons (Fsp3) is 0.400. The van der Waals surface area contributed by atoms with E-state index in [9.17, 15) is 8.42 Å². The first kappa shape index (κ1) is 14.2. The van der Waals surface area contributed by atoms with Crippen LogP contribution in [0.5, 0.6) is 5.75 Å². The molecular formula is C10H15ClN2O3S. The summed E-state index contributed by atoms with van der Waals surface area (Å²) in [5.74, 6) is 0.185. The molecule has 0 radical (unpaired) electrons. The molecule has 1 rings (SSSR count). The van der Waals surface area contributed by atoms with Crippen LogP contribution in [0, 0.1) is 0 Å². The van der Waals surface area contributed by atoms with Crippen molar-refractivity contribution < 1.29 is 13.2 Å². The Labute approximate surface area is 106 Å². The van der Waals surface area contributed by atoms with Crippen LogP contribution >= 0.6 is 11.6 Å². The molecule has 0 aromatic heterocycles. The van der Waals surface area contributed by atoms with Crippen LogP contribution in [0.2, 0.25) is 0 Å². The monoisotopic (exact) mass is 278 g/mol. The first-order valence-electron chi connectivity index (χ1n) is 4.87. The summed E-state index contributed by atoms with van der Waals surface area (Å²) < 4.78 is 27.7. The summed E-state index contributed by atoms with van der Waals surface area (Å²) in [6.07, 6.45) is 0. The highest BCUT2D eigenvalue weighted by atomic mass is 35.5. The summed E-state index contributed by atoms with van der Waals surface area (Å²) in [6, 6.07) is 4.25. The van der Waals surface area contributed by atoms with Crippen molar-refractivity contribution in [1.82, 2.24) is 0 Å². The summed E-state index contributed by atoms with van der Waals surface area (Å²) >= 11 is 6.06. The van der Waals surface area contributed by atoms with Gasteiger partial charge in [-0.05, 0) is 24.6 Å². The molecule has 0 saturated heterocycles.